The number of nitrogens with one attached hydrogen (secondary N) is 1. The lowest BCUT2D eigenvalue weighted by atomic mass is 9.87. The first kappa shape index (κ1) is 28.1. The number of nitrogens with zero attached hydrogens (tertiary/aromatic N) is 2. The van der Waals surface area contributed by atoms with Crippen LogP contribution < -0.4 is 11.1 Å². The number of benzene rings is 2. The molecule has 202 valence electrons. The van der Waals surface area contributed by atoms with Crippen molar-refractivity contribution in [2.24, 2.45) is 5.73 Å². The SMILES string of the molecule is CCOC(=O)C[C@@H](c1ccc([N+](=O)[O-])cc1)[C@H](NC(=O)[C@H]1CCCN1C(=O)OCc1ccccc1)C(N)=O. The number of hydrogen-bond donors (Lipinski definition) is 2. The Bertz CT molecular complexity index is 1160. The van der Waals surface area contributed by atoms with Crippen molar-refractivity contribution in [2.45, 2.75) is 50.8 Å². The predicted molar refractivity (Wildman–Crippen MR) is 135 cm³/mol. The number of hydrogen-bond acceptors (Lipinski definition) is 8. The molecule has 0 aromatic heterocycles. The lowest BCUT2D eigenvalue weighted by Crippen LogP contribution is -2.54. The van der Waals surface area contributed by atoms with E-state index in [0.29, 0.717) is 24.9 Å². The summed E-state index contributed by atoms with van der Waals surface area (Å²) in [6, 6.07) is 12.1. The second-order valence-corrected chi connectivity index (χ2v) is 8.74. The van der Waals surface area contributed by atoms with Crippen molar-refractivity contribution in [2.75, 3.05) is 13.2 Å². The van der Waals surface area contributed by atoms with Crippen molar-refractivity contribution in [1.29, 1.82) is 0 Å². The minimum Gasteiger partial charge on any atom is -0.466 e. The molecule has 3 atom stereocenters. The zero-order chi connectivity index (χ0) is 27.7. The molecule has 0 bridgehead atoms. The van der Waals surface area contributed by atoms with Crippen LogP contribution in [0.2, 0.25) is 0 Å². The first-order valence-corrected chi connectivity index (χ1v) is 12.2. The van der Waals surface area contributed by atoms with Gasteiger partial charge in [-0.3, -0.25) is 29.4 Å². The largest absolute Gasteiger partial charge is 0.466 e. The van der Waals surface area contributed by atoms with E-state index in [4.69, 9.17) is 15.2 Å². The third-order valence-electron chi connectivity index (χ3n) is 6.23. The fraction of sp³-hybridized carbons (Fsp3) is 0.385. The zero-order valence-corrected chi connectivity index (χ0v) is 20.9. The molecule has 1 saturated heterocycles. The fourth-order valence-corrected chi connectivity index (χ4v) is 4.35. The minimum atomic E-state index is -1.35. The third-order valence-corrected chi connectivity index (χ3v) is 6.23. The normalized spacial score (nSPS) is 16.2. The predicted octanol–water partition coefficient (Wildman–Crippen LogP) is 2.40. The van der Waals surface area contributed by atoms with Crippen LogP contribution in [-0.2, 0) is 30.5 Å². The molecule has 2 aromatic carbocycles. The number of amides is 3. The standard InChI is InChI=1S/C26H30N4O8/c1-2-37-22(31)15-20(18-10-12-19(13-11-18)30(35)36)23(24(27)32)28-25(33)21-9-6-14-29(21)26(34)38-16-17-7-4-3-5-8-17/h3-5,7-8,10-13,20-21,23H,2,6,9,14-16H2,1H3,(H2,27,32)(H,28,33)/t20-,21+,23-/m0/s1. The van der Waals surface area contributed by atoms with Gasteiger partial charge in [0.2, 0.25) is 11.8 Å². The number of non-ortho nitro benzene ring substituents is 1. The van der Waals surface area contributed by atoms with E-state index in [2.05, 4.69) is 5.32 Å². The molecule has 3 amide bonds. The summed E-state index contributed by atoms with van der Waals surface area (Å²) in [7, 11) is 0. The number of nitro groups is 1. The molecule has 1 heterocycles. The number of nitro benzene ring substituents is 1. The molecule has 12 heteroatoms. The number of ether oxygens (including phenoxy) is 2. The maximum atomic E-state index is 13.3. The van der Waals surface area contributed by atoms with Gasteiger partial charge in [-0.05, 0) is 30.9 Å². The van der Waals surface area contributed by atoms with Crippen LogP contribution in [0, 0.1) is 10.1 Å². The van der Waals surface area contributed by atoms with Crippen LogP contribution in [-0.4, -0.2) is 58.9 Å². The Labute approximate surface area is 219 Å². The molecule has 1 aliphatic heterocycles. The van der Waals surface area contributed by atoms with Gasteiger partial charge in [0.25, 0.3) is 5.69 Å². The molecule has 0 unspecified atom stereocenters. The summed E-state index contributed by atoms with van der Waals surface area (Å²) < 4.78 is 10.4. The van der Waals surface area contributed by atoms with Crippen LogP contribution in [0.4, 0.5) is 10.5 Å². The Balaban J connectivity index is 1.77. The lowest BCUT2D eigenvalue weighted by Gasteiger charge is -2.29. The van der Waals surface area contributed by atoms with Crippen molar-refractivity contribution in [1.82, 2.24) is 10.2 Å². The smallest absolute Gasteiger partial charge is 0.410 e. The van der Waals surface area contributed by atoms with Gasteiger partial charge in [0.15, 0.2) is 0 Å². The molecule has 0 saturated carbocycles. The number of likely N-dealkylation sites (tertiary alicyclic amines) is 1. The highest BCUT2D eigenvalue weighted by Crippen LogP contribution is 2.28. The Morgan fingerprint density at radius 3 is 2.39 bits per heavy atom. The Kier molecular flexibility index (Phi) is 9.74. The Morgan fingerprint density at radius 1 is 1.11 bits per heavy atom. The maximum Gasteiger partial charge on any atom is 0.410 e. The molecule has 3 rings (SSSR count). The van der Waals surface area contributed by atoms with Crippen LogP contribution >= 0.6 is 0 Å². The first-order valence-electron chi connectivity index (χ1n) is 12.2. The van der Waals surface area contributed by atoms with E-state index in [1.54, 1.807) is 19.1 Å². The van der Waals surface area contributed by atoms with Crippen LogP contribution in [0.1, 0.15) is 43.2 Å². The van der Waals surface area contributed by atoms with Crippen molar-refractivity contribution in [3.63, 3.8) is 0 Å². The summed E-state index contributed by atoms with van der Waals surface area (Å²) in [5.74, 6) is -3.14. The van der Waals surface area contributed by atoms with E-state index in [9.17, 15) is 29.3 Å². The number of carbonyl (C=O) groups is 4. The molecule has 0 radical (unpaired) electrons. The average molecular weight is 527 g/mol. The number of nitrogens with two attached hydrogens (primary N) is 1. The van der Waals surface area contributed by atoms with Gasteiger partial charge in [-0.2, -0.15) is 0 Å². The summed E-state index contributed by atoms with van der Waals surface area (Å²) in [6.07, 6.45) is -0.0836. The van der Waals surface area contributed by atoms with Crippen molar-refractivity contribution >= 4 is 29.6 Å². The van der Waals surface area contributed by atoms with E-state index in [1.807, 2.05) is 18.2 Å². The fourth-order valence-electron chi connectivity index (χ4n) is 4.35. The number of primary amides is 1. The molecular weight excluding hydrogens is 496 g/mol. The molecule has 38 heavy (non-hydrogen) atoms. The number of carbonyl (C=O) groups excluding carboxylic acids is 4. The van der Waals surface area contributed by atoms with Gasteiger partial charge in [0.1, 0.15) is 18.7 Å². The average Bonchev–Trinajstić information content (AvgIpc) is 3.40. The molecule has 12 nitrogen and oxygen atoms in total. The Morgan fingerprint density at radius 2 is 1.79 bits per heavy atom. The molecular formula is C26H30N4O8. The van der Waals surface area contributed by atoms with Crippen molar-refractivity contribution in [3.05, 3.63) is 75.8 Å². The van der Waals surface area contributed by atoms with Gasteiger partial charge >= 0.3 is 12.1 Å². The van der Waals surface area contributed by atoms with E-state index in [0.717, 1.165) is 5.56 Å². The monoisotopic (exact) mass is 526 g/mol. The summed E-state index contributed by atoms with van der Waals surface area (Å²) in [6.45, 7) is 2.05. The molecule has 0 spiro atoms. The van der Waals surface area contributed by atoms with E-state index in [-0.39, 0.29) is 25.3 Å². The Hall–Kier alpha value is -4.48. The van der Waals surface area contributed by atoms with Gasteiger partial charge in [-0.15, -0.1) is 0 Å². The zero-order valence-electron chi connectivity index (χ0n) is 20.9. The quantitative estimate of drug-likeness (QED) is 0.255. The maximum absolute atomic E-state index is 13.3. The molecule has 1 fully saturated rings. The molecule has 1 aliphatic rings. The summed E-state index contributed by atoms with van der Waals surface area (Å²) in [5.41, 5.74) is 6.62. The minimum absolute atomic E-state index is 0.0379. The first-order chi connectivity index (χ1) is 18.2. The van der Waals surface area contributed by atoms with Crippen LogP contribution in [0.3, 0.4) is 0 Å². The highest BCUT2D eigenvalue weighted by Gasteiger charge is 2.39. The highest BCUT2D eigenvalue weighted by atomic mass is 16.6. The van der Waals surface area contributed by atoms with Gasteiger partial charge in [-0.25, -0.2) is 4.79 Å². The van der Waals surface area contributed by atoms with Crippen LogP contribution in [0.5, 0.6) is 0 Å². The summed E-state index contributed by atoms with van der Waals surface area (Å²) in [4.78, 5) is 62.6. The van der Waals surface area contributed by atoms with Crippen LogP contribution in [0.15, 0.2) is 54.6 Å². The second kappa shape index (κ2) is 13.2. The van der Waals surface area contributed by atoms with Gasteiger partial charge in [0, 0.05) is 24.6 Å². The summed E-state index contributed by atoms with van der Waals surface area (Å²) in [5, 5.41) is 13.6. The highest BCUT2D eigenvalue weighted by molar-refractivity contribution is 5.92. The van der Waals surface area contributed by atoms with Crippen molar-refractivity contribution in [3.8, 4) is 0 Å². The third kappa shape index (κ3) is 7.28. The summed E-state index contributed by atoms with van der Waals surface area (Å²) >= 11 is 0. The topological polar surface area (TPSA) is 171 Å². The van der Waals surface area contributed by atoms with E-state index in [1.165, 1.54) is 29.2 Å². The van der Waals surface area contributed by atoms with Crippen LogP contribution in [0.25, 0.3) is 0 Å². The van der Waals surface area contributed by atoms with Gasteiger partial charge in [0.05, 0.1) is 18.0 Å². The number of esters is 1. The second-order valence-electron chi connectivity index (χ2n) is 8.74. The molecule has 0 aliphatic carbocycles. The van der Waals surface area contributed by atoms with Crippen molar-refractivity contribution < 1.29 is 33.6 Å². The van der Waals surface area contributed by atoms with E-state index < -0.39 is 46.8 Å². The number of rotatable bonds is 11. The van der Waals surface area contributed by atoms with Gasteiger partial charge < -0.3 is 20.5 Å². The lowest BCUT2D eigenvalue weighted by molar-refractivity contribution is -0.384. The molecule has 3 N–H and O–H groups in total. The van der Waals surface area contributed by atoms with Gasteiger partial charge in [-0.1, -0.05) is 42.5 Å². The van der Waals surface area contributed by atoms with E-state index >= 15 is 0 Å². The molecule has 2 aromatic rings.